The molecule has 5 rings (SSSR count). The minimum absolute atomic E-state index is 0.0865. The highest BCUT2D eigenvalue weighted by molar-refractivity contribution is 5.61. The molecule has 2 heterocycles. The number of aliphatic hydroxyl groups is 4. The molecule has 5 aromatic rings. The van der Waals surface area contributed by atoms with Gasteiger partial charge in [-0.25, -0.2) is 4.39 Å². The summed E-state index contributed by atoms with van der Waals surface area (Å²) in [5, 5.41) is 56.1. The first kappa shape index (κ1) is 35.4. The highest BCUT2D eigenvalue weighted by atomic mass is 19.1. The van der Waals surface area contributed by atoms with Crippen LogP contribution >= 0.6 is 0 Å². The van der Waals surface area contributed by atoms with Gasteiger partial charge in [0.2, 0.25) is 35.7 Å². The Morgan fingerprint density at radius 2 is 1.04 bits per heavy atom. The van der Waals surface area contributed by atoms with Crippen molar-refractivity contribution in [1.82, 2.24) is 29.9 Å². The van der Waals surface area contributed by atoms with E-state index in [4.69, 9.17) is 5.73 Å². The molecule has 17 nitrogen and oxygen atoms in total. The number of nitrogen functional groups attached to an aromatic ring is 1. The van der Waals surface area contributed by atoms with Gasteiger partial charge in [-0.2, -0.15) is 29.9 Å². The lowest BCUT2D eigenvalue weighted by Gasteiger charge is -2.16. The second kappa shape index (κ2) is 17.4. The third kappa shape index (κ3) is 10.5. The summed E-state index contributed by atoms with van der Waals surface area (Å²) < 4.78 is 13.7. The highest BCUT2D eigenvalue weighted by Crippen LogP contribution is 2.21. The van der Waals surface area contributed by atoms with E-state index in [9.17, 15) is 24.8 Å². The number of nitrogens with one attached hydrogen (secondary N) is 6. The predicted molar refractivity (Wildman–Crippen MR) is 189 cm³/mol. The molecular formula is C32H38FN13O4. The zero-order chi connectivity index (χ0) is 35.3. The fourth-order valence-electron chi connectivity index (χ4n) is 4.43. The van der Waals surface area contributed by atoms with Crippen molar-refractivity contribution in [2.75, 3.05) is 70.6 Å². The molecule has 12 N–H and O–H groups in total. The Hall–Kier alpha value is -5.95. The first-order valence-corrected chi connectivity index (χ1v) is 15.6. The molecule has 0 aliphatic heterocycles. The minimum atomic E-state index is -0.704. The van der Waals surface area contributed by atoms with Crippen LogP contribution in [0, 0.1) is 5.82 Å². The highest BCUT2D eigenvalue weighted by Gasteiger charge is 2.14. The van der Waals surface area contributed by atoms with Crippen LogP contribution < -0.4 is 37.6 Å². The van der Waals surface area contributed by atoms with Gasteiger partial charge in [-0.15, -0.1) is 0 Å². The quantitative estimate of drug-likeness (QED) is 0.0590. The Morgan fingerprint density at radius 1 is 0.560 bits per heavy atom. The topological polar surface area (TPSA) is 256 Å². The molecule has 0 aliphatic rings. The van der Waals surface area contributed by atoms with Crippen LogP contribution in [0.25, 0.3) is 0 Å². The van der Waals surface area contributed by atoms with Crippen molar-refractivity contribution in [3.05, 3.63) is 84.2 Å². The fourth-order valence-corrected chi connectivity index (χ4v) is 4.43. The predicted octanol–water partition coefficient (Wildman–Crippen LogP) is 2.19. The summed E-state index contributed by atoms with van der Waals surface area (Å²) in [4.78, 5) is 26.2. The lowest BCUT2D eigenvalue weighted by molar-refractivity contribution is 0.203. The molecule has 50 heavy (non-hydrogen) atoms. The van der Waals surface area contributed by atoms with Crippen molar-refractivity contribution in [1.29, 1.82) is 0 Å². The van der Waals surface area contributed by atoms with Crippen molar-refractivity contribution in [3.63, 3.8) is 0 Å². The summed E-state index contributed by atoms with van der Waals surface area (Å²) in [6.07, 6.45) is 0.605. The van der Waals surface area contributed by atoms with E-state index < -0.39 is 17.9 Å². The average molecular weight is 688 g/mol. The lowest BCUT2D eigenvalue weighted by atomic mass is 10.1. The van der Waals surface area contributed by atoms with Crippen LogP contribution in [0.5, 0.6) is 0 Å². The van der Waals surface area contributed by atoms with Crippen LogP contribution in [0.2, 0.25) is 0 Å². The van der Waals surface area contributed by atoms with E-state index in [1.807, 2.05) is 30.3 Å². The Bertz CT molecular complexity index is 1830. The SMILES string of the molecule is Nc1cccc(Nc2nc(NCCc3ccc(Nc4nc(Nc5cccc(F)c5)nc(NC(CO)CO)n4)cc3)nc(NC(CO)CO)n2)c1. The van der Waals surface area contributed by atoms with Crippen LogP contribution in [0.3, 0.4) is 0 Å². The molecular weight excluding hydrogens is 649 g/mol. The molecule has 18 heteroatoms. The first-order chi connectivity index (χ1) is 24.3. The average Bonchev–Trinajstić information content (AvgIpc) is 3.10. The van der Waals surface area contributed by atoms with Gasteiger partial charge in [0.05, 0.1) is 38.5 Å². The number of aliphatic hydroxyl groups excluding tert-OH is 4. The summed E-state index contributed by atoms with van der Waals surface area (Å²) in [5.41, 5.74) is 9.22. The zero-order valence-electron chi connectivity index (χ0n) is 26.8. The second-order valence-electron chi connectivity index (χ2n) is 10.9. The van der Waals surface area contributed by atoms with Gasteiger partial charge in [-0.3, -0.25) is 0 Å². The minimum Gasteiger partial charge on any atom is -0.399 e. The Labute approximate surface area is 286 Å². The third-order valence-electron chi connectivity index (χ3n) is 6.95. The summed E-state index contributed by atoms with van der Waals surface area (Å²) in [6, 6.07) is 19.1. The number of hydrogen-bond acceptors (Lipinski definition) is 17. The van der Waals surface area contributed by atoms with Gasteiger partial charge >= 0.3 is 0 Å². The number of benzene rings is 3. The van der Waals surface area contributed by atoms with Crippen molar-refractivity contribution in [2.24, 2.45) is 0 Å². The molecule has 0 saturated heterocycles. The maximum absolute atomic E-state index is 13.7. The lowest BCUT2D eigenvalue weighted by Crippen LogP contribution is -2.29. The van der Waals surface area contributed by atoms with Crippen molar-refractivity contribution < 1.29 is 24.8 Å². The second-order valence-corrected chi connectivity index (χ2v) is 10.9. The summed E-state index contributed by atoms with van der Waals surface area (Å²) >= 11 is 0. The van der Waals surface area contributed by atoms with Crippen molar-refractivity contribution in [2.45, 2.75) is 18.5 Å². The molecule has 0 fully saturated rings. The van der Waals surface area contributed by atoms with Gasteiger partial charge in [0.25, 0.3) is 0 Å². The van der Waals surface area contributed by atoms with Crippen molar-refractivity contribution in [3.8, 4) is 0 Å². The third-order valence-corrected chi connectivity index (χ3v) is 6.95. The Balaban J connectivity index is 1.25. The van der Waals surface area contributed by atoms with E-state index in [0.717, 1.165) is 5.56 Å². The maximum Gasteiger partial charge on any atom is 0.233 e. The molecule has 0 spiro atoms. The number of aromatic nitrogens is 6. The van der Waals surface area contributed by atoms with Gasteiger partial charge in [0.1, 0.15) is 5.82 Å². The molecule has 0 amide bonds. The van der Waals surface area contributed by atoms with Gasteiger partial charge in [-0.1, -0.05) is 24.3 Å². The zero-order valence-corrected chi connectivity index (χ0v) is 26.8. The van der Waals surface area contributed by atoms with E-state index in [1.54, 1.807) is 30.3 Å². The monoisotopic (exact) mass is 687 g/mol. The largest absolute Gasteiger partial charge is 0.399 e. The maximum atomic E-state index is 13.7. The van der Waals surface area contributed by atoms with E-state index in [-0.39, 0.29) is 62.1 Å². The van der Waals surface area contributed by atoms with Crippen LogP contribution in [-0.4, -0.2) is 95.4 Å². The van der Waals surface area contributed by atoms with Crippen LogP contribution in [-0.2, 0) is 6.42 Å². The molecule has 262 valence electrons. The van der Waals surface area contributed by atoms with Crippen LogP contribution in [0.15, 0.2) is 72.8 Å². The summed E-state index contributed by atoms with van der Waals surface area (Å²) in [7, 11) is 0. The standard InChI is InChI=1S/C32H38FN13O4/c33-20-3-1-5-23(13-20)37-30-43-28(44-32(46-30)40-26(17-49)18-50)36-22-9-7-19(8-10-22)11-12-35-27-41-29(38-24-6-2-4-21(34)14-24)45-31(42-27)39-25(15-47)16-48/h1-10,13-14,25-26,47-50H,11-12,15-18,34H2,(H3,35,38,39,41,42,45)(H3,36,37,40,43,44,46). The van der Waals surface area contributed by atoms with Gasteiger partial charge in [0.15, 0.2) is 0 Å². The number of rotatable bonds is 18. The number of nitrogens with two attached hydrogens (primary N) is 1. The molecule has 0 unspecified atom stereocenters. The molecule has 0 bridgehead atoms. The first-order valence-electron chi connectivity index (χ1n) is 15.6. The number of hydrogen-bond donors (Lipinski definition) is 11. The van der Waals surface area contributed by atoms with E-state index >= 15 is 0 Å². The smallest absolute Gasteiger partial charge is 0.233 e. The Kier molecular flexibility index (Phi) is 12.3. The summed E-state index contributed by atoms with van der Waals surface area (Å²) in [6.45, 7) is -0.880. The van der Waals surface area contributed by atoms with Crippen molar-refractivity contribution >= 4 is 58.4 Å². The van der Waals surface area contributed by atoms with E-state index in [2.05, 4.69) is 61.8 Å². The molecule has 0 radical (unpaired) electrons. The van der Waals surface area contributed by atoms with Gasteiger partial charge in [0, 0.05) is 29.3 Å². The molecule has 3 aromatic carbocycles. The number of halogens is 1. The molecule has 0 atom stereocenters. The summed E-state index contributed by atoms with van der Waals surface area (Å²) in [5.74, 6) is 0.589. The molecule has 0 saturated carbocycles. The van der Waals surface area contributed by atoms with Gasteiger partial charge in [-0.05, 0) is 60.5 Å². The fraction of sp³-hybridized carbons (Fsp3) is 0.250. The molecule has 2 aromatic heterocycles. The van der Waals surface area contributed by atoms with Crippen LogP contribution in [0.1, 0.15) is 5.56 Å². The van der Waals surface area contributed by atoms with E-state index in [1.165, 1.54) is 12.1 Å². The van der Waals surface area contributed by atoms with E-state index in [0.29, 0.717) is 35.7 Å². The number of anilines is 10. The molecule has 0 aliphatic carbocycles. The normalized spacial score (nSPS) is 11.0. The van der Waals surface area contributed by atoms with Gasteiger partial charge < -0.3 is 58.1 Å². The van der Waals surface area contributed by atoms with Crippen LogP contribution in [0.4, 0.5) is 62.8 Å². The number of nitrogens with zero attached hydrogens (tertiary/aromatic N) is 6. The Morgan fingerprint density at radius 3 is 1.58 bits per heavy atom.